The largest absolute Gasteiger partial charge is 0.494 e. The first-order valence-corrected chi connectivity index (χ1v) is 13.1. The number of rotatable bonds is 7. The Hall–Kier alpha value is -2.90. The first-order chi connectivity index (χ1) is 18.1. The zero-order chi connectivity index (χ0) is 29.0. The van der Waals surface area contributed by atoms with Crippen LogP contribution >= 0.6 is 11.6 Å². The molecular formula is C30H41ClF2N2O3. The molecule has 0 radical (unpaired) electrons. The maximum atomic E-state index is 15.2. The van der Waals surface area contributed by atoms with Crippen molar-refractivity contribution in [2.45, 2.75) is 72.4 Å². The first-order valence-electron chi connectivity index (χ1n) is 12.7. The number of carbonyl (C=O) groups is 1. The van der Waals surface area contributed by atoms with Crippen molar-refractivity contribution >= 4 is 18.0 Å². The number of hydrogen-bond acceptors (Lipinski definition) is 4. The minimum absolute atomic E-state index is 0.0859. The lowest BCUT2D eigenvalue weighted by molar-refractivity contribution is -0.106. The van der Waals surface area contributed by atoms with Gasteiger partial charge in [-0.05, 0) is 57.9 Å². The van der Waals surface area contributed by atoms with Crippen LogP contribution in [0.1, 0.15) is 64.5 Å². The van der Waals surface area contributed by atoms with Crippen molar-refractivity contribution in [1.29, 1.82) is 0 Å². The Balaban J connectivity index is 0.000000695. The maximum absolute atomic E-state index is 15.2. The van der Waals surface area contributed by atoms with Crippen LogP contribution in [0.15, 0.2) is 42.0 Å². The summed E-state index contributed by atoms with van der Waals surface area (Å²) >= 11 is 6.39. The number of aryl methyl sites for hydroxylation is 1. The molecule has 0 saturated heterocycles. The molecule has 1 aliphatic rings. The maximum Gasteiger partial charge on any atom is 0.204 e. The van der Waals surface area contributed by atoms with E-state index >= 15 is 4.39 Å². The highest BCUT2D eigenvalue weighted by molar-refractivity contribution is 6.34. The molecule has 2 unspecified atom stereocenters. The van der Waals surface area contributed by atoms with Gasteiger partial charge in [0.05, 0.1) is 12.1 Å². The second-order valence-electron chi connectivity index (χ2n) is 8.89. The summed E-state index contributed by atoms with van der Waals surface area (Å²) in [6, 6.07) is 5.27. The number of nitrogens with two attached hydrogens (primary N) is 1. The van der Waals surface area contributed by atoms with E-state index in [-0.39, 0.29) is 34.8 Å². The minimum Gasteiger partial charge on any atom is -0.494 e. The third kappa shape index (κ3) is 7.81. The van der Waals surface area contributed by atoms with Gasteiger partial charge in [0, 0.05) is 34.7 Å². The van der Waals surface area contributed by atoms with Gasteiger partial charge in [0.2, 0.25) is 6.41 Å². The van der Waals surface area contributed by atoms with Gasteiger partial charge in [0.15, 0.2) is 11.6 Å². The van der Waals surface area contributed by atoms with Crippen LogP contribution in [0, 0.1) is 18.6 Å². The van der Waals surface area contributed by atoms with Gasteiger partial charge in [-0.2, -0.15) is 0 Å². The number of primary amides is 1. The first kappa shape index (κ1) is 33.1. The highest BCUT2D eigenvalue weighted by atomic mass is 35.5. The van der Waals surface area contributed by atoms with Gasteiger partial charge in [0.25, 0.3) is 0 Å². The smallest absolute Gasteiger partial charge is 0.204 e. The molecule has 0 bridgehead atoms. The predicted octanol–water partition coefficient (Wildman–Crippen LogP) is 7.49. The number of nitrogens with one attached hydrogen (secondary N) is 1. The van der Waals surface area contributed by atoms with E-state index in [0.29, 0.717) is 28.5 Å². The van der Waals surface area contributed by atoms with Gasteiger partial charge >= 0.3 is 0 Å². The molecule has 210 valence electrons. The summed E-state index contributed by atoms with van der Waals surface area (Å²) in [5.41, 5.74) is 7.08. The molecule has 2 aromatic rings. The van der Waals surface area contributed by atoms with Crippen molar-refractivity contribution in [2.24, 2.45) is 5.73 Å². The second-order valence-corrected chi connectivity index (χ2v) is 9.27. The molecule has 0 aromatic heterocycles. The van der Waals surface area contributed by atoms with Crippen molar-refractivity contribution < 1.29 is 23.0 Å². The summed E-state index contributed by atoms with van der Waals surface area (Å²) in [7, 11) is 3.38. The molecule has 5 nitrogen and oxygen atoms in total. The summed E-state index contributed by atoms with van der Waals surface area (Å²) in [6.07, 6.45) is 8.11. The van der Waals surface area contributed by atoms with Gasteiger partial charge < -0.3 is 20.5 Å². The summed E-state index contributed by atoms with van der Waals surface area (Å²) in [4.78, 5) is 8.58. The van der Waals surface area contributed by atoms with E-state index in [1.54, 1.807) is 19.1 Å². The van der Waals surface area contributed by atoms with Crippen molar-refractivity contribution in [3.8, 4) is 22.6 Å². The number of methoxy groups -OCH3 is 1. The van der Waals surface area contributed by atoms with Crippen LogP contribution < -0.4 is 20.5 Å². The van der Waals surface area contributed by atoms with Crippen LogP contribution in [-0.2, 0) is 4.79 Å². The second kappa shape index (κ2) is 16.1. The van der Waals surface area contributed by atoms with Gasteiger partial charge in [-0.3, -0.25) is 4.79 Å². The van der Waals surface area contributed by atoms with Crippen LogP contribution in [0.5, 0.6) is 11.5 Å². The van der Waals surface area contributed by atoms with Crippen molar-refractivity contribution in [3.63, 3.8) is 0 Å². The van der Waals surface area contributed by atoms with Gasteiger partial charge in [-0.15, -0.1) is 0 Å². The van der Waals surface area contributed by atoms with Crippen LogP contribution in [-0.4, -0.2) is 32.7 Å². The summed E-state index contributed by atoms with van der Waals surface area (Å²) < 4.78 is 41.2. The number of amides is 1. The van der Waals surface area contributed by atoms with E-state index in [1.165, 1.54) is 19.6 Å². The normalized spacial score (nSPS) is 17.0. The van der Waals surface area contributed by atoms with E-state index in [1.807, 2.05) is 33.0 Å². The zero-order valence-electron chi connectivity index (χ0n) is 23.6. The molecule has 2 aromatic carbocycles. The molecule has 3 rings (SSSR count). The Bertz CT molecular complexity index is 1130. The Morgan fingerprint density at radius 3 is 2.39 bits per heavy atom. The average Bonchev–Trinajstić information content (AvgIpc) is 3.22. The highest BCUT2D eigenvalue weighted by Gasteiger charge is 2.38. The molecule has 38 heavy (non-hydrogen) atoms. The van der Waals surface area contributed by atoms with E-state index < -0.39 is 11.6 Å². The topological polar surface area (TPSA) is 73.6 Å². The quantitative estimate of drug-likeness (QED) is 0.277. The fourth-order valence-corrected chi connectivity index (χ4v) is 4.34. The molecule has 0 aliphatic carbocycles. The molecule has 0 spiro atoms. The highest BCUT2D eigenvalue weighted by Crippen LogP contribution is 2.51. The van der Waals surface area contributed by atoms with Crippen LogP contribution in [0.3, 0.4) is 0 Å². The summed E-state index contributed by atoms with van der Waals surface area (Å²) in [6.45, 7) is 12.1. The van der Waals surface area contributed by atoms with Crippen molar-refractivity contribution in [2.75, 3.05) is 14.2 Å². The molecule has 1 aliphatic heterocycles. The third-order valence-corrected chi connectivity index (χ3v) is 6.85. The monoisotopic (exact) mass is 550 g/mol. The Labute approximate surface area is 231 Å². The van der Waals surface area contributed by atoms with E-state index in [4.69, 9.17) is 25.9 Å². The molecule has 0 fully saturated rings. The van der Waals surface area contributed by atoms with Gasteiger partial charge in [0.1, 0.15) is 17.7 Å². The number of hydrogen-bond donors (Lipinski definition) is 2. The Morgan fingerprint density at radius 2 is 1.92 bits per heavy atom. The number of carbonyl (C=O) groups excluding carboxylic acids is 1. The van der Waals surface area contributed by atoms with Gasteiger partial charge in [-0.25, -0.2) is 8.78 Å². The zero-order valence-corrected chi connectivity index (χ0v) is 24.4. The Morgan fingerprint density at radius 1 is 1.29 bits per heavy atom. The van der Waals surface area contributed by atoms with Crippen molar-refractivity contribution in [1.82, 2.24) is 5.32 Å². The van der Waals surface area contributed by atoms with Gasteiger partial charge in [-0.1, -0.05) is 56.7 Å². The molecule has 1 amide bonds. The van der Waals surface area contributed by atoms with Crippen molar-refractivity contribution in [3.05, 3.63) is 69.8 Å². The lowest BCUT2D eigenvalue weighted by Crippen LogP contribution is -2.19. The Kier molecular flexibility index (Phi) is 14.1. The number of fused-ring (bicyclic) bond motifs is 1. The molecular weight excluding hydrogens is 510 g/mol. The molecule has 3 N–H and O–H groups in total. The fourth-order valence-electron chi connectivity index (χ4n) is 4.09. The fraction of sp³-hybridized carbons (Fsp3) is 0.433. The van der Waals surface area contributed by atoms with Crippen LogP contribution in [0.4, 0.5) is 8.78 Å². The summed E-state index contributed by atoms with van der Waals surface area (Å²) in [5.74, 6) is -0.861. The standard InChI is InChI=1S/C24H25ClF2O2.C5H13N.CH3NO/c1-6-8-9-15(7-2)24-14(4)20-18(29-24)12-16(26)22(25)21(20)19-13(3)10-11-17(28-5)23(19)27;1-4-5(2)6-3;2-1-3/h7-12,14,24H,6H2,1-5H3;5-6H,4H2,1-3H3;1H,(H2,2,3)/b9-8-,15-7+;;/t14-,24?;;/m0../s1. The van der Waals surface area contributed by atoms with E-state index in [0.717, 1.165) is 12.0 Å². The number of ether oxygens (including phenoxy) is 2. The number of benzene rings is 2. The minimum atomic E-state index is -0.638. The lowest BCUT2D eigenvalue weighted by Gasteiger charge is -2.19. The molecule has 1 heterocycles. The molecule has 3 atom stereocenters. The molecule has 8 heteroatoms. The van der Waals surface area contributed by atoms with E-state index in [2.05, 4.69) is 37.9 Å². The van der Waals surface area contributed by atoms with Crippen LogP contribution in [0.2, 0.25) is 5.02 Å². The predicted molar refractivity (Wildman–Crippen MR) is 153 cm³/mol. The SMILES string of the molecule is C/C=C(\C=C/CC)C1Oc2cc(F)c(Cl)c(-c3c(C)ccc(OC)c3F)c2[C@@H]1C.CCC(C)NC.NC=O. The van der Waals surface area contributed by atoms with Crippen LogP contribution in [0.25, 0.3) is 11.1 Å². The molecule has 0 saturated carbocycles. The third-order valence-electron chi connectivity index (χ3n) is 6.48. The number of allylic oxidation sites excluding steroid dienone is 2. The van der Waals surface area contributed by atoms with E-state index in [9.17, 15) is 4.39 Å². The number of halogens is 3. The average molecular weight is 551 g/mol. The lowest BCUT2D eigenvalue weighted by atomic mass is 9.85. The summed E-state index contributed by atoms with van der Waals surface area (Å²) in [5, 5.41) is 3.00.